The van der Waals surface area contributed by atoms with E-state index < -0.39 is 0 Å². The molecule has 0 fully saturated rings. The first-order valence-corrected chi connectivity index (χ1v) is 5.93. The van der Waals surface area contributed by atoms with Gasteiger partial charge in [0.2, 0.25) is 0 Å². The molecule has 0 heterocycles. The maximum atomic E-state index is 3.38. The normalized spacial score (nSPS) is 9.57. The van der Waals surface area contributed by atoms with Crippen LogP contribution in [-0.4, -0.2) is 12.8 Å². The molecule has 1 rings (SSSR count). The van der Waals surface area contributed by atoms with Crippen LogP contribution >= 0.6 is 11.8 Å². The highest BCUT2D eigenvalue weighted by Crippen LogP contribution is 2.14. The molecule has 3 heteroatoms. The van der Waals surface area contributed by atoms with Crippen LogP contribution in [0.25, 0.3) is 0 Å². The van der Waals surface area contributed by atoms with Gasteiger partial charge < -0.3 is 17.7 Å². The quantitative estimate of drug-likeness (QED) is 0.561. The van der Waals surface area contributed by atoms with Crippen molar-refractivity contribution in [3.05, 3.63) is 29.8 Å². The van der Waals surface area contributed by atoms with Crippen LogP contribution in [0, 0.1) is 0 Å². The Labute approximate surface area is 97.1 Å². The predicted molar refractivity (Wildman–Crippen MR) is 60.2 cm³/mol. The number of thioether (sulfide) groups is 1. The second-order valence-corrected chi connectivity index (χ2v) is 3.90. The summed E-state index contributed by atoms with van der Waals surface area (Å²) in [6.45, 7) is 4.27. The van der Waals surface area contributed by atoms with Gasteiger partial charge in [-0.05, 0) is 36.9 Å². The molecule has 0 bridgehead atoms. The molecule has 1 aromatic rings. The summed E-state index contributed by atoms with van der Waals surface area (Å²) in [7, 11) is 0. The third-order valence-corrected chi connectivity index (χ3v) is 2.66. The Hall–Kier alpha value is -0.180. The van der Waals surface area contributed by atoms with E-state index in [1.54, 1.807) is 11.8 Å². The van der Waals surface area contributed by atoms with Crippen LogP contribution in [0.5, 0.6) is 0 Å². The Kier molecular flexibility index (Phi) is 8.05. The van der Waals surface area contributed by atoms with Crippen molar-refractivity contribution in [2.75, 3.05) is 12.8 Å². The average molecular weight is 231 g/mol. The Morgan fingerprint density at radius 3 is 2.36 bits per heavy atom. The largest absolute Gasteiger partial charge is 1.00 e. The van der Waals surface area contributed by atoms with Gasteiger partial charge in [0.15, 0.2) is 0 Å². The minimum atomic E-state index is 0. The Morgan fingerprint density at radius 1 is 1.21 bits per heavy atom. The number of hydrogen-bond donors (Lipinski definition) is 1. The van der Waals surface area contributed by atoms with Crippen LogP contribution in [0.2, 0.25) is 0 Å². The van der Waals surface area contributed by atoms with Crippen LogP contribution in [0.15, 0.2) is 29.2 Å². The van der Waals surface area contributed by atoms with Gasteiger partial charge in [-0.1, -0.05) is 19.1 Å². The van der Waals surface area contributed by atoms with Gasteiger partial charge in [-0.25, -0.2) is 0 Å². The first-order valence-electron chi connectivity index (χ1n) is 4.70. The lowest BCUT2D eigenvalue weighted by molar-refractivity contribution is -0.00000279. The molecule has 0 aliphatic heterocycles. The van der Waals surface area contributed by atoms with E-state index in [0.29, 0.717) is 0 Å². The zero-order chi connectivity index (χ0) is 9.52. The van der Waals surface area contributed by atoms with Crippen LogP contribution in [0.4, 0.5) is 0 Å². The molecule has 0 saturated carbocycles. The lowest BCUT2D eigenvalue weighted by Crippen LogP contribution is -3.00. The summed E-state index contributed by atoms with van der Waals surface area (Å²) >= 11 is 1.79. The van der Waals surface area contributed by atoms with Crippen molar-refractivity contribution in [1.29, 1.82) is 0 Å². The van der Waals surface area contributed by atoms with E-state index in [2.05, 4.69) is 42.8 Å². The summed E-state index contributed by atoms with van der Waals surface area (Å²) in [5.74, 6) is 0. The highest BCUT2D eigenvalue weighted by molar-refractivity contribution is 7.98. The van der Waals surface area contributed by atoms with Crippen LogP contribution in [0.3, 0.4) is 0 Å². The second kappa shape index (κ2) is 8.16. The maximum Gasteiger partial charge on any atom is 0.0205 e. The molecule has 0 aliphatic rings. The van der Waals surface area contributed by atoms with E-state index >= 15 is 0 Å². The monoisotopic (exact) mass is 230 g/mol. The molecule has 1 aromatic carbocycles. The van der Waals surface area contributed by atoms with Crippen molar-refractivity contribution in [3.8, 4) is 0 Å². The van der Waals surface area contributed by atoms with Crippen molar-refractivity contribution >= 4 is 11.8 Å². The molecule has 14 heavy (non-hydrogen) atoms. The fourth-order valence-electron chi connectivity index (χ4n) is 1.15. The fraction of sp³-hybridized carbons (Fsp3) is 0.455. The third kappa shape index (κ3) is 4.89. The zero-order valence-electron chi connectivity index (χ0n) is 8.72. The van der Waals surface area contributed by atoms with Crippen LogP contribution in [-0.2, 0) is 6.54 Å². The molecule has 0 spiro atoms. The molecule has 0 amide bonds. The summed E-state index contributed by atoms with van der Waals surface area (Å²) in [5.41, 5.74) is 1.37. The minimum absolute atomic E-state index is 0. The molecule has 0 radical (unpaired) electrons. The van der Waals surface area contributed by atoms with Gasteiger partial charge in [-0.2, -0.15) is 0 Å². The third-order valence-electron chi connectivity index (χ3n) is 1.91. The fourth-order valence-corrected chi connectivity index (χ4v) is 1.56. The van der Waals surface area contributed by atoms with E-state index in [1.807, 2.05) is 0 Å². The second-order valence-electron chi connectivity index (χ2n) is 3.02. The summed E-state index contributed by atoms with van der Waals surface area (Å²) in [5, 5.41) is 3.38. The van der Waals surface area contributed by atoms with Gasteiger partial charge in [-0.3, -0.25) is 0 Å². The molecule has 1 N–H and O–H groups in total. The highest BCUT2D eigenvalue weighted by Gasteiger charge is 1.92. The Morgan fingerprint density at radius 2 is 1.86 bits per heavy atom. The topological polar surface area (TPSA) is 12.0 Å². The molecular formula is C11H17ClNS-. The van der Waals surface area contributed by atoms with Gasteiger partial charge >= 0.3 is 0 Å². The standard InChI is InChI=1S/C11H17NS.ClH/c1-3-8-12-9-10-4-6-11(13-2)7-5-10;/h4-7,12H,3,8-9H2,1-2H3;1H/p-1. The van der Waals surface area contributed by atoms with Crippen LogP contribution < -0.4 is 17.7 Å². The molecule has 0 atom stereocenters. The van der Waals surface area contributed by atoms with Gasteiger partial charge in [0.25, 0.3) is 0 Å². The number of halogens is 1. The lowest BCUT2D eigenvalue weighted by atomic mass is 10.2. The number of hydrogen-bond acceptors (Lipinski definition) is 2. The van der Waals surface area contributed by atoms with Crippen molar-refractivity contribution in [1.82, 2.24) is 5.32 Å². The predicted octanol–water partition coefficient (Wildman–Crippen LogP) is -0.0879. The molecule has 0 aliphatic carbocycles. The Balaban J connectivity index is 0.00000169. The van der Waals surface area contributed by atoms with E-state index in [1.165, 1.54) is 16.9 Å². The van der Waals surface area contributed by atoms with E-state index in [9.17, 15) is 0 Å². The maximum absolute atomic E-state index is 3.38. The first kappa shape index (κ1) is 13.8. The number of benzene rings is 1. The molecule has 1 nitrogen and oxygen atoms in total. The van der Waals surface area contributed by atoms with Crippen LogP contribution in [0.1, 0.15) is 18.9 Å². The summed E-state index contributed by atoms with van der Waals surface area (Å²) in [4.78, 5) is 1.33. The molecule has 0 aromatic heterocycles. The van der Waals surface area contributed by atoms with E-state index in [0.717, 1.165) is 13.1 Å². The molecule has 80 valence electrons. The van der Waals surface area contributed by atoms with E-state index in [-0.39, 0.29) is 12.4 Å². The SMILES string of the molecule is CCCNCc1ccc(SC)cc1.[Cl-]. The lowest BCUT2D eigenvalue weighted by Gasteiger charge is -2.03. The first-order chi connectivity index (χ1) is 6.36. The van der Waals surface area contributed by atoms with Gasteiger partial charge in [0.1, 0.15) is 0 Å². The van der Waals surface area contributed by atoms with Crippen molar-refractivity contribution in [2.45, 2.75) is 24.8 Å². The number of nitrogens with one attached hydrogen (secondary N) is 1. The van der Waals surface area contributed by atoms with Gasteiger partial charge in [-0.15, -0.1) is 11.8 Å². The molecular weight excluding hydrogens is 214 g/mol. The van der Waals surface area contributed by atoms with Crippen molar-refractivity contribution < 1.29 is 12.4 Å². The summed E-state index contributed by atoms with van der Waals surface area (Å²) < 4.78 is 0. The molecule has 0 saturated heterocycles. The zero-order valence-corrected chi connectivity index (χ0v) is 10.3. The van der Waals surface area contributed by atoms with Gasteiger partial charge in [0.05, 0.1) is 0 Å². The smallest absolute Gasteiger partial charge is 0.0205 e. The summed E-state index contributed by atoms with van der Waals surface area (Å²) in [6.07, 6.45) is 3.30. The Bertz CT molecular complexity index is 236. The van der Waals surface area contributed by atoms with E-state index in [4.69, 9.17) is 0 Å². The average Bonchev–Trinajstić information content (AvgIpc) is 2.19. The number of rotatable bonds is 5. The molecule has 0 unspecified atom stereocenters. The minimum Gasteiger partial charge on any atom is -1.00 e. The summed E-state index contributed by atoms with van der Waals surface area (Å²) in [6, 6.07) is 8.73. The highest BCUT2D eigenvalue weighted by atomic mass is 35.5. The van der Waals surface area contributed by atoms with Crippen molar-refractivity contribution in [3.63, 3.8) is 0 Å². The van der Waals surface area contributed by atoms with Crippen molar-refractivity contribution in [2.24, 2.45) is 0 Å². The van der Waals surface area contributed by atoms with Gasteiger partial charge in [0, 0.05) is 11.4 Å².